The zero-order valence-corrected chi connectivity index (χ0v) is 22.8. The third kappa shape index (κ3) is 5.35. The predicted molar refractivity (Wildman–Crippen MR) is 139 cm³/mol. The summed E-state index contributed by atoms with van der Waals surface area (Å²) in [7, 11) is 0. The highest BCUT2D eigenvalue weighted by Gasteiger charge is 2.65. The van der Waals surface area contributed by atoms with E-state index in [2.05, 4.69) is 31.4 Å². The minimum absolute atomic E-state index is 0.0151. The van der Waals surface area contributed by atoms with Gasteiger partial charge in [-0.1, -0.05) is 20.8 Å². The second-order valence-corrected chi connectivity index (χ2v) is 13.2. The van der Waals surface area contributed by atoms with E-state index < -0.39 is 12.0 Å². The average molecular weight is 521 g/mol. The third-order valence-corrected chi connectivity index (χ3v) is 11.4. The maximum absolute atomic E-state index is 12.4. The van der Waals surface area contributed by atoms with Crippen molar-refractivity contribution in [3.63, 3.8) is 0 Å². The van der Waals surface area contributed by atoms with Crippen LogP contribution >= 0.6 is 0 Å². The molecular formula is C29H48N2O6. The molecule has 0 spiro atoms. The van der Waals surface area contributed by atoms with Crippen molar-refractivity contribution in [1.82, 2.24) is 10.6 Å². The lowest BCUT2D eigenvalue weighted by atomic mass is 9.43. The first-order chi connectivity index (χ1) is 17.5. The monoisotopic (exact) mass is 520 g/mol. The number of aliphatic hydroxyl groups excluding tert-OH is 3. The molecule has 8 heteroatoms. The molecule has 0 aromatic rings. The van der Waals surface area contributed by atoms with Crippen LogP contribution in [0.1, 0.15) is 85.0 Å². The fourth-order valence-corrected chi connectivity index (χ4v) is 9.35. The molecule has 0 radical (unpaired) electrons. The molecule has 4 rings (SSSR count). The molecule has 37 heavy (non-hydrogen) atoms. The van der Waals surface area contributed by atoms with Gasteiger partial charge in [0.2, 0.25) is 12.2 Å². The first kappa shape index (κ1) is 28.5. The lowest BCUT2D eigenvalue weighted by molar-refractivity contribution is -0.207. The number of aldehydes is 1. The van der Waals surface area contributed by atoms with Crippen LogP contribution in [0.15, 0.2) is 0 Å². The first-order valence-corrected chi connectivity index (χ1v) is 14.6. The Morgan fingerprint density at radius 1 is 1.00 bits per heavy atom. The van der Waals surface area contributed by atoms with Gasteiger partial charge in [-0.15, -0.1) is 0 Å². The van der Waals surface area contributed by atoms with Gasteiger partial charge in [0.05, 0.1) is 18.3 Å². The molecule has 0 bridgehead atoms. The number of nitrogens with one attached hydrogen (secondary N) is 2. The van der Waals surface area contributed by atoms with E-state index >= 15 is 0 Å². The highest BCUT2D eigenvalue weighted by molar-refractivity contribution is 6.23. The van der Waals surface area contributed by atoms with Crippen molar-refractivity contribution in [1.29, 1.82) is 0 Å². The molecule has 0 aliphatic heterocycles. The van der Waals surface area contributed by atoms with Gasteiger partial charge >= 0.3 is 0 Å². The van der Waals surface area contributed by atoms with Crippen molar-refractivity contribution >= 4 is 18.1 Å². The molecule has 0 aromatic heterocycles. The number of amides is 2. The fraction of sp³-hybridized carbons (Fsp3) is 0.897. The van der Waals surface area contributed by atoms with Crippen molar-refractivity contribution < 1.29 is 29.7 Å². The fourth-order valence-electron chi connectivity index (χ4n) is 9.35. The summed E-state index contributed by atoms with van der Waals surface area (Å²) in [6, 6.07) is 0. The van der Waals surface area contributed by atoms with Crippen LogP contribution in [0.5, 0.6) is 0 Å². The molecule has 4 fully saturated rings. The minimum atomic E-state index is -0.646. The Bertz CT molecular complexity index is 852. The number of rotatable bonds is 9. The van der Waals surface area contributed by atoms with Crippen LogP contribution in [0, 0.1) is 46.3 Å². The summed E-state index contributed by atoms with van der Waals surface area (Å²) in [6.07, 6.45) is 7.01. The Hall–Kier alpha value is -1.51. The molecule has 2 amide bonds. The van der Waals surface area contributed by atoms with Crippen LogP contribution in [0.2, 0.25) is 0 Å². The SMILES string of the molecule is C[C@H](CCC(=O)NCCCNC(=O)C=O)[C@H]1CC[C@H]2[C@@H]3[C@H](O)C[C@@H]4C[C@H](O)CC[C@]4(C)[C@H]3C[C@H](O)[C@]12C. The van der Waals surface area contributed by atoms with Gasteiger partial charge in [-0.05, 0) is 104 Å². The highest BCUT2D eigenvalue weighted by Crippen LogP contribution is 2.68. The van der Waals surface area contributed by atoms with Crippen LogP contribution < -0.4 is 10.6 Å². The van der Waals surface area contributed by atoms with Crippen LogP contribution in [0.3, 0.4) is 0 Å². The molecule has 5 N–H and O–H groups in total. The summed E-state index contributed by atoms with van der Waals surface area (Å²) in [6.45, 7) is 7.60. The molecule has 11 atom stereocenters. The number of hydrogen-bond acceptors (Lipinski definition) is 6. The maximum atomic E-state index is 12.4. The summed E-state index contributed by atoms with van der Waals surface area (Å²) < 4.78 is 0. The Morgan fingerprint density at radius 2 is 1.73 bits per heavy atom. The zero-order valence-electron chi connectivity index (χ0n) is 22.8. The summed E-state index contributed by atoms with van der Waals surface area (Å²) in [4.78, 5) is 33.7. The Balaban J connectivity index is 1.35. The van der Waals surface area contributed by atoms with Gasteiger partial charge < -0.3 is 26.0 Å². The van der Waals surface area contributed by atoms with Gasteiger partial charge in [0.25, 0.3) is 5.91 Å². The quantitative estimate of drug-likeness (QED) is 0.180. The van der Waals surface area contributed by atoms with Crippen molar-refractivity contribution in [3.05, 3.63) is 0 Å². The predicted octanol–water partition coefficient (Wildman–Crippen LogP) is 2.19. The van der Waals surface area contributed by atoms with E-state index in [0.717, 1.165) is 51.4 Å². The number of carbonyl (C=O) groups is 3. The number of hydrogen-bond donors (Lipinski definition) is 5. The van der Waals surface area contributed by atoms with E-state index in [-0.39, 0.29) is 58.9 Å². The van der Waals surface area contributed by atoms with E-state index in [1.165, 1.54) is 0 Å². The van der Waals surface area contributed by atoms with Gasteiger partial charge in [0, 0.05) is 19.5 Å². The topological polar surface area (TPSA) is 136 Å². The molecule has 0 heterocycles. The lowest BCUT2D eigenvalue weighted by Gasteiger charge is -2.63. The van der Waals surface area contributed by atoms with Gasteiger partial charge in [0.15, 0.2) is 0 Å². The highest BCUT2D eigenvalue weighted by atomic mass is 16.3. The zero-order chi connectivity index (χ0) is 27.0. The number of fused-ring (bicyclic) bond motifs is 5. The standard InChI is InChI=1S/C29H48N2O6/c1-17(5-8-25(36)30-11-4-12-31-26(37)16-32)20-6-7-21-27-22(15-24(35)29(20,21)3)28(2)10-9-19(33)13-18(28)14-23(27)34/h16-24,27,33-35H,4-15H2,1-3H3,(H,30,36)(H,31,37)/t17-,18+,19-,20-,21+,22+,23-,24+,27+,28+,29-/m1/s1. The van der Waals surface area contributed by atoms with E-state index in [1.54, 1.807) is 0 Å². The molecular weight excluding hydrogens is 472 g/mol. The number of aliphatic hydroxyl groups is 3. The van der Waals surface area contributed by atoms with E-state index in [4.69, 9.17) is 0 Å². The van der Waals surface area contributed by atoms with Crippen LogP contribution in [-0.2, 0) is 14.4 Å². The second-order valence-electron chi connectivity index (χ2n) is 13.2. The molecule has 4 saturated carbocycles. The third-order valence-electron chi connectivity index (χ3n) is 11.4. The molecule has 0 aromatic carbocycles. The second kappa shape index (κ2) is 11.3. The van der Waals surface area contributed by atoms with Crippen molar-refractivity contribution in [2.75, 3.05) is 13.1 Å². The Labute approximate surface area is 221 Å². The van der Waals surface area contributed by atoms with Crippen LogP contribution in [-0.4, -0.2) is 64.8 Å². The molecule has 0 unspecified atom stereocenters. The van der Waals surface area contributed by atoms with E-state index in [0.29, 0.717) is 37.8 Å². The minimum Gasteiger partial charge on any atom is -0.393 e. The molecule has 210 valence electrons. The van der Waals surface area contributed by atoms with Gasteiger partial charge in [-0.2, -0.15) is 0 Å². The molecule has 0 saturated heterocycles. The van der Waals surface area contributed by atoms with Crippen LogP contribution in [0.25, 0.3) is 0 Å². The van der Waals surface area contributed by atoms with Crippen molar-refractivity contribution in [3.8, 4) is 0 Å². The Kier molecular flexibility index (Phi) is 8.71. The summed E-state index contributed by atoms with van der Waals surface area (Å²) in [5.74, 6) is 1.02. The largest absolute Gasteiger partial charge is 0.393 e. The lowest BCUT2D eigenvalue weighted by Crippen LogP contribution is -2.62. The maximum Gasteiger partial charge on any atom is 0.284 e. The molecule has 4 aliphatic rings. The van der Waals surface area contributed by atoms with E-state index in [1.807, 2.05) is 0 Å². The Morgan fingerprint density at radius 3 is 2.46 bits per heavy atom. The first-order valence-electron chi connectivity index (χ1n) is 14.6. The van der Waals surface area contributed by atoms with Crippen molar-refractivity contribution in [2.45, 2.75) is 103 Å². The van der Waals surface area contributed by atoms with Gasteiger partial charge in [-0.25, -0.2) is 0 Å². The molecule has 4 aliphatic carbocycles. The smallest absolute Gasteiger partial charge is 0.284 e. The summed E-state index contributed by atoms with van der Waals surface area (Å²) >= 11 is 0. The molecule has 8 nitrogen and oxygen atoms in total. The van der Waals surface area contributed by atoms with E-state index in [9.17, 15) is 29.7 Å². The normalized spacial score (nSPS) is 43.6. The summed E-state index contributed by atoms with van der Waals surface area (Å²) in [5, 5.41) is 38.7. The van der Waals surface area contributed by atoms with Gasteiger partial charge in [0.1, 0.15) is 0 Å². The van der Waals surface area contributed by atoms with Crippen molar-refractivity contribution in [2.24, 2.45) is 46.3 Å². The summed E-state index contributed by atoms with van der Waals surface area (Å²) in [5.41, 5.74) is -0.185. The van der Waals surface area contributed by atoms with Gasteiger partial charge in [-0.3, -0.25) is 14.4 Å². The average Bonchev–Trinajstić information content (AvgIpc) is 3.22. The number of carbonyl (C=O) groups excluding carboxylic acids is 3. The van der Waals surface area contributed by atoms with Crippen LogP contribution in [0.4, 0.5) is 0 Å².